The molecule has 1 aliphatic heterocycles. The molecule has 0 unspecified atom stereocenters. The maximum Gasteiger partial charge on any atom is 0.344 e. The quantitative estimate of drug-likeness (QED) is 0.393. The first-order chi connectivity index (χ1) is 16.5. The fourth-order valence-electron chi connectivity index (χ4n) is 6.30. The second-order valence-corrected chi connectivity index (χ2v) is 11.9. The molecule has 0 bridgehead atoms. The summed E-state index contributed by atoms with van der Waals surface area (Å²) in [7, 11) is 3.64. The van der Waals surface area contributed by atoms with E-state index >= 15 is 0 Å². The highest BCUT2D eigenvalue weighted by Gasteiger charge is 2.76. The van der Waals surface area contributed by atoms with Crippen molar-refractivity contribution >= 4 is 17.7 Å². The molecule has 0 amide bonds. The molecule has 2 N–H and O–H groups in total. The van der Waals surface area contributed by atoms with Crippen molar-refractivity contribution in [1.29, 1.82) is 0 Å². The molecule has 202 valence electrons. The standard InChI is InChI=1S/C27H41NO8/c1-9-24(4)15-19(30)27(33)25(5)17(23(2,3)12-10-18(25)29)14-20(26(27,6)36-24)35-22(32)16-34-21(31)11-13-28(7)8/h9,14,18,20,29,33H,1,10-13,15-16H2,2-8H3/t18-,20-,24-,25+,26+,27-/m0/s1. The van der Waals surface area contributed by atoms with E-state index in [-0.39, 0.29) is 12.8 Å². The minimum Gasteiger partial charge on any atom is -0.454 e. The molecule has 1 saturated heterocycles. The first-order valence-corrected chi connectivity index (χ1v) is 12.5. The Kier molecular flexibility index (Phi) is 7.40. The SMILES string of the molecule is C=C[C@@]1(C)CC(=O)[C@@]2(O)[C@](C)(O1)[C@@H](OC(=O)COC(=O)CCN(C)C)C=C1C(C)(C)CC[C@H](O)[C@@]12C. The van der Waals surface area contributed by atoms with Gasteiger partial charge in [-0.3, -0.25) is 9.59 Å². The maximum atomic E-state index is 13.8. The Balaban J connectivity index is 2.03. The minimum absolute atomic E-state index is 0.116. The Morgan fingerprint density at radius 1 is 1.22 bits per heavy atom. The summed E-state index contributed by atoms with van der Waals surface area (Å²) in [6.07, 6.45) is 1.95. The van der Waals surface area contributed by atoms with Gasteiger partial charge in [-0.2, -0.15) is 0 Å². The summed E-state index contributed by atoms with van der Waals surface area (Å²) < 4.78 is 17.2. The Labute approximate surface area is 213 Å². The molecule has 0 radical (unpaired) electrons. The summed E-state index contributed by atoms with van der Waals surface area (Å²) in [4.78, 5) is 40.4. The van der Waals surface area contributed by atoms with Gasteiger partial charge < -0.3 is 29.3 Å². The third kappa shape index (κ3) is 4.34. The third-order valence-electron chi connectivity index (χ3n) is 8.49. The van der Waals surface area contributed by atoms with Crippen LogP contribution in [0.4, 0.5) is 0 Å². The molecule has 2 aliphatic carbocycles. The first-order valence-electron chi connectivity index (χ1n) is 12.5. The van der Waals surface area contributed by atoms with Crippen LogP contribution in [-0.2, 0) is 28.6 Å². The summed E-state index contributed by atoms with van der Waals surface area (Å²) in [6, 6.07) is 0. The van der Waals surface area contributed by atoms with Crippen LogP contribution in [-0.4, -0.2) is 89.1 Å². The number of aliphatic hydroxyl groups is 2. The number of nitrogens with zero attached hydrogens (tertiary/aromatic N) is 1. The number of Topliss-reactive ketones (excluding diaryl/α,β-unsaturated/α-hetero) is 1. The van der Waals surface area contributed by atoms with E-state index in [9.17, 15) is 24.6 Å². The number of rotatable bonds is 7. The van der Waals surface area contributed by atoms with Crippen molar-refractivity contribution in [2.24, 2.45) is 10.8 Å². The number of ether oxygens (including phenoxy) is 3. The van der Waals surface area contributed by atoms with Crippen LogP contribution >= 0.6 is 0 Å². The Morgan fingerprint density at radius 3 is 2.44 bits per heavy atom. The van der Waals surface area contributed by atoms with Crippen molar-refractivity contribution < 1.29 is 38.8 Å². The Hall–Kier alpha value is -2.07. The number of aliphatic hydroxyl groups excluding tert-OH is 1. The number of ketones is 1. The highest BCUT2D eigenvalue weighted by Crippen LogP contribution is 2.64. The van der Waals surface area contributed by atoms with Crippen LogP contribution in [0.15, 0.2) is 24.3 Å². The average Bonchev–Trinajstić information content (AvgIpc) is 2.78. The van der Waals surface area contributed by atoms with E-state index in [0.29, 0.717) is 25.0 Å². The monoisotopic (exact) mass is 507 g/mol. The summed E-state index contributed by atoms with van der Waals surface area (Å²) in [5.74, 6) is -1.89. The van der Waals surface area contributed by atoms with Crippen LogP contribution in [0.5, 0.6) is 0 Å². The van der Waals surface area contributed by atoms with Crippen LogP contribution < -0.4 is 0 Å². The van der Waals surface area contributed by atoms with Gasteiger partial charge in [0.15, 0.2) is 24.1 Å². The van der Waals surface area contributed by atoms with Crippen molar-refractivity contribution in [2.75, 3.05) is 27.2 Å². The van der Waals surface area contributed by atoms with Crippen LogP contribution in [0.25, 0.3) is 0 Å². The molecule has 0 aromatic heterocycles. The number of esters is 2. The summed E-state index contributed by atoms with van der Waals surface area (Å²) >= 11 is 0. The second kappa shape index (κ2) is 9.35. The van der Waals surface area contributed by atoms with Crippen molar-refractivity contribution in [3.8, 4) is 0 Å². The van der Waals surface area contributed by atoms with Gasteiger partial charge in [-0.15, -0.1) is 6.58 Å². The lowest BCUT2D eigenvalue weighted by atomic mass is 9.44. The summed E-state index contributed by atoms with van der Waals surface area (Å²) in [6.45, 7) is 12.5. The zero-order chi connectivity index (χ0) is 27.3. The predicted molar refractivity (Wildman–Crippen MR) is 132 cm³/mol. The zero-order valence-corrected chi connectivity index (χ0v) is 22.6. The molecule has 9 heteroatoms. The van der Waals surface area contributed by atoms with Crippen molar-refractivity contribution in [3.05, 3.63) is 24.3 Å². The number of carbonyl (C=O) groups is 3. The lowest BCUT2D eigenvalue weighted by Crippen LogP contribution is -2.81. The number of hydrogen-bond acceptors (Lipinski definition) is 9. The number of fused-ring (bicyclic) bond motifs is 3. The van der Waals surface area contributed by atoms with E-state index < -0.39 is 64.2 Å². The van der Waals surface area contributed by atoms with Gasteiger partial charge in [0.2, 0.25) is 0 Å². The highest BCUT2D eigenvalue weighted by atomic mass is 16.6. The third-order valence-corrected chi connectivity index (χ3v) is 8.49. The van der Waals surface area contributed by atoms with Gasteiger partial charge in [0, 0.05) is 13.0 Å². The molecule has 2 fully saturated rings. The lowest BCUT2D eigenvalue weighted by Gasteiger charge is -2.66. The van der Waals surface area contributed by atoms with Gasteiger partial charge in [0.05, 0.1) is 23.5 Å². The van der Waals surface area contributed by atoms with E-state index in [1.54, 1.807) is 19.9 Å². The lowest BCUT2D eigenvalue weighted by molar-refractivity contribution is -0.305. The second-order valence-electron chi connectivity index (χ2n) is 11.9. The fourth-order valence-corrected chi connectivity index (χ4v) is 6.30. The van der Waals surface area contributed by atoms with E-state index in [4.69, 9.17) is 14.2 Å². The number of hydrogen-bond donors (Lipinski definition) is 2. The van der Waals surface area contributed by atoms with Gasteiger partial charge >= 0.3 is 11.9 Å². The first kappa shape index (κ1) is 28.5. The Bertz CT molecular complexity index is 973. The van der Waals surface area contributed by atoms with E-state index in [1.807, 2.05) is 32.8 Å². The number of carbonyl (C=O) groups excluding carboxylic acids is 3. The van der Waals surface area contributed by atoms with Gasteiger partial charge in [-0.25, -0.2) is 4.79 Å². The van der Waals surface area contributed by atoms with Crippen molar-refractivity contribution in [1.82, 2.24) is 4.90 Å². The molecule has 0 aromatic carbocycles. The molecule has 9 nitrogen and oxygen atoms in total. The van der Waals surface area contributed by atoms with E-state index in [0.717, 1.165) is 0 Å². The molecule has 1 heterocycles. The van der Waals surface area contributed by atoms with E-state index in [1.165, 1.54) is 13.0 Å². The molecule has 3 rings (SSSR count). The highest BCUT2D eigenvalue weighted by molar-refractivity contribution is 5.93. The minimum atomic E-state index is -2.20. The molecule has 0 aromatic rings. The average molecular weight is 508 g/mol. The predicted octanol–water partition coefficient (Wildman–Crippen LogP) is 1.94. The van der Waals surface area contributed by atoms with Crippen LogP contribution in [0.3, 0.4) is 0 Å². The van der Waals surface area contributed by atoms with Gasteiger partial charge in [0.25, 0.3) is 0 Å². The largest absolute Gasteiger partial charge is 0.454 e. The zero-order valence-electron chi connectivity index (χ0n) is 22.6. The smallest absolute Gasteiger partial charge is 0.344 e. The van der Waals surface area contributed by atoms with Crippen molar-refractivity contribution in [2.45, 2.75) is 89.3 Å². The molecular formula is C27H41NO8. The fraction of sp³-hybridized carbons (Fsp3) is 0.741. The normalized spacial score (nSPS) is 39.5. The molecular weight excluding hydrogens is 466 g/mol. The molecule has 3 aliphatic rings. The molecule has 6 atom stereocenters. The maximum absolute atomic E-state index is 13.8. The van der Waals surface area contributed by atoms with Crippen LogP contribution in [0, 0.1) is 10.8 Å². The topological polar surface area (TPSA) is 123 Å². The van der Waals surface area contributed by atoms with E-state index in [2.05, 4.69) is 6.58 Å². The van der Waals surface area contributed by atoms with Crippen LogP contribution in [0.1, 0.15) is 60.3 Å². The summed E-state index contributed by atoms with van der Waals surface area (Å²) in [5.41, 5.74) is -6.30. The van der Waals surface area contributed by atoms with Gasteiger partial charge in [-0.1, -0.05) is 25.5 Å². The van der Waals surface area contributed by atoms with Crippen molar-refractivity contribution in [3.63, 3.8) is 0 Å². The van der Waals surface area contributed by atoms with Gasteiger partial charge in [-0.05, 0) is 59.2 Å². The molecule has 1 saturated carbocycles. The van der Waals surface area contributed by atoms with Crippen LogP contribution in [0.2, 0.25) is 0 Å². The summed E-state index contributed by atoms with van der Waals surface area (Å²) in [5, 5.41) is 23.6. The Morgan fingerprint density at radius 2 is 1.86 bits per heavy atom. The molecule has 0 spiro atoms. The van der Waals surface area contributed by atoms with Gasteiger partial charge in [0.1, 0.15) is 5.60 Å². The molecule has 36 heavy (non-hydrogen) atoms.